The normalized spacial score (nSPS) is 9.44. The zero-order chi connectivity index (χ0) is 13.1. The van der Waals surface area contributed by atoms with Crippen LogP contribution in [0.3, 0.4) is 0 Å². The van der Waals surface area contributed by atoms with E-state index in [4.69, 9.17) is 0 Å². The fraction of sp³-hybridized carbons (Fsp3) is 0.143. The SMILES string of the molecule is [S]=[Cu].c1ccc(CSSCc2ccccc2)cc1. The molecule has 0 saturated carbocycles. The first kappa shape index (κ1) is 15.9. The van der Waals surface area contributed by atoms with Gasteiger partial charge < -0.3 is 0 Å². The maximum Gasteiger partial charge on any atom is 0.0288 e. The van der Waals surface area contributed by atoms with Gasteiger partial charge in [0.2, 0.25) is 0 Å². The minimum atomic E-state index is 1.08. The van der Waals surface area contributed by atoms with E-state index in [0.29, 0.717) is 0 Å². The average molecular weight is 342 g/mol. The predicted octanol–water partition coefficient (Wildman–Crippen LogP) is 5.41. The third-order valence-corrected chi connectivity index (χ3v) is 4.50. The van der Waals surface area contributed by atoms with Crippen LogP contribution in [0.2, 0.25) is 0 Å². The summed E-state index contributed by atoms with van der Waals surface area (Å²) in [7, 11) is 7.48. The van der Waals surface area contributed by atoms with Crippen LogP contribution in [-0.4, -0.2) is 0 Å². The third kappa shape index (κ3) is 6.72. The molecule has 0 atom stereocenters. The van der Waals surface area contributed by atoms with Crippen LogP contribution in [0, 0.1) is 0 Å². The molecule has 18 heavy (non-hydrogen) atoms. The van der Waals surface area contributed by atoms with E-state index in [2.05, 4.69) is 85.6 Å². The summed E-state index contributed by atoms with van der Waals surface area (Å²) in [5.41, 5.74) is 2.79. The number of benzene rings is 2. The van der Waals surface area contributed by atoms with Crippen LogP contribution in [-0.2, 0) is 25.9 Å². The standard InChI is InChI=1S/C14H14S2.Cu.S/c1-3-7-13(8-4-1)11-15-16-12-14-9-5-2-6-10-14;;/h1-10H,11-12H2;;. The smallest absolute Gasteiger partial charge is 0.0288 e. The zero-order valence-electron chi connectivity index (χ0n) is 9.71. The number of rotatable bonds is 5. The molecule has 0 unspecified atom stereocenters. The third-order valence-electron chi connectivity index (χ3n) is 2.22. The van der Waals surface area contributed by atoms with Crippen molar-refractivity contribution in [1.29, 1.82) is 0 Å². The van der Waals surface area contributed by atoms with E-state index in [1.54, 1.807) is 0 Å². The summed E-state index contributed by atoms with van der Waals surface area (Å²) in [6.45, 7) is 0. The van der Waals surface area contributed by atoms with Gasteiger partial charge in [0.25, 0.3) is 0 Å². The molecular weight excluding hydrogens is 328 g/mol. The van der Waals surface area contributed by atoms with Gasteiger partial charge in [-0.3, -0.25) is 0 Å². The van der Waals surface area contributed by atoms with Crippen molar-refractivity contribution in [2.45, 2.75) is 11.5 Å². The molecule has 0 N–H and O–H groups in total. The van der Waals surface area contributed by atoms with Crippen LogP contribution in [0.1, 0.15) is 11.1 Å². The second-order valence-electron chi connectivity index (χ2n) is 3.50. The molecule has 0 bridgehead atoms. The molecule has 2 rings (SSSR count). The van der Waals surface area contributed by atoms with Gasteiger partial charge in [0, 0.05) is 11.5 Å². The molecule has 0 aromatic heterocycles. The zero-order valence-corrected chi connectivity index (χ0v) is 13.1. The molecule has 0 radical (unpaired) electrons. The first-order chi connectivity index (χ1) is 8.95. The molecule has 0 saturated heterocycles. The van der Waals surface area contributed by atoms with Crippen molar-refractivity contribution in [2.24, 2.45) is 0 Å². The van der Waals surface area contributed by atoms with Crippen molar-refractivity contribution in [2.75, 3.05) is 0 Å². The van der Waals surface area contributed by atoms with Gasteiger partial charge in [0.05, 0.1) is 0 Å². The summed E-state index contributed by atoms with van der Waals surface area (Å²) < 4.78 is 0. The van der Waals surface area contributed by atoms with Gasteiger partial charge in [-0.05, 0) is 11.1 Å². The summed E-state index contributed by atoms with van der Waals surface area (Å²) >= 11 is 3.77. The molecule has 0 spiro atoms. The Morgan fingerprint density at radius 3 is 1.33 bits per heavy atom. The van der Waals surface area contributed by atoms with E-state index in [0.717, 1.165) is 11.5 Å². The number of hydrogen-bond donors (Lipinski definition) is 0. The molecule has 0 aliphatic heterocycles. The van der Waals surface area contributed by atoms with Crippen molar-refractivity contribution < 1.29 is 14.4 Å². The van der Waals surface area contributed by atoms with Crippen LogP contribution in [0.15, 0.2) is 60.7 Å². The molecule has 0 nitrogen and oxygen atoms in total. The molecule has 99 valence electrons. The first-order valence-corrected chi connectivity index (χ1v) is 9.28. The fourth-order valence-corrected chi connectivity index (χ4v) is 3.51. The Bertz CT molecular complexity index is 378. The van der Waals surface area contributed by atoms with Gasteiger partial charge >= 0.3 is 24.9 Å². The largest absolute Gasteiger partial charge is 0.0890 e. The number of hydrogen-bond acceptors (Lipinski definition) is 3. The van der Waals surface area contributed by atoms with E-state index < -0.39 is 0 Å². The van der Waals surface area contributed by atoms with Gasteiger partial charge in [-0.15, -0.1) is 0 Å². The Morgan fingerprint density at radius 1 is 0.667 bits per heavy atom. The van der Waals surface area contributed by atoms with Crippen molar-refractivity contribution in [3.8, 4) is 0 Å². The maximum absolute atomic E-state index is 3.77. The van der Waals surface area contributed by atoms with Crippen molar-refractivity contribution in [1.82, 2.24) is 0 Å². The van der Waals surface area contributed by atoms with Crippen LogP contribution in [0.5, 0.6) is 0 Å². The maximum atomic E-state index is 3.77. The average Bonchev–Trinajstić information content (AvgIpc) is 2.48. The second kappa shape index (κ2) is 10.8. The summed E-state index contributed by atoms with van der Waals surface area (Å²) in [6.07, 6.45) is 0. The van der Waals surface area contributed by atoms with Crippen LogP contribution >= 0.6 is 32.1 Å². The summed E-state index contributed by atoms with van der Waals surface area (Å²) in [4.78, 5) is 0. The monoisotopic (exact) mass is 341 g/mol. The Balaban J connectivity index is 0.000000771. The molecular formula is C14H14CuS3. The van der Waals surface area contributed by atoms with Gasteiger partial charge in [0.1, 0.15) is 0 Å². The fourth-order valence-electron chi connectivity index (χ4n) is 1.37. The summed E-state index contributed by atoms with van der Waals surface area (Å²) in [5.74, 6) is 2.16. The van der Waals surface area contributed by atoms with Gasteiger partial charge in [-0.1, -0.05) is 82.3 Å². The van der Waals surface area contributed by atoms with E-state index >= 15 is 0 Å². The molecule has 2 aromatic carbocycles. The van der Waals surface area contributed by atoms with Crippen LogP contribution in [0.4, 0.5) is 0 Å². The molecule has 0 fully saturated rings. The molecule has 0 amide bonds. The van der Waals surface area contributed by atoms with E-state index in [1.165, 1.54) is 11.1 Å². The first-order valence-electron chi connectivity index (χ1n) is 5.40. The summed E-state index contributed by atoms with van der Waals surface area (Å²) in [5, 5.41) is 0. The van der Waals surface area contributed by atoms with E-state index in [1.807, 2.05) is 21.6 Å². The van der Waals surface area contributed by atoms with Crippen LogP contribution < -0.4 is 0 Å². The van der Waals surface area contributed by atoms with E-state index in [9.17, 15) is 0 Å². The van der Waals surface area contributed by atoms with Gasteiger partial charge in [-0.25, -0.2) is 0 Å². The van der Waals surface area contributed by atoms with Crippen molar-refractivity contribution >= 4 is 32.1 Å². The minimum Gasteiger partial charge on any atom is -0.0890 e. The van der Waals surface area contributed by atoms with Crippen molar-refractivity contribution in [3.05, 3.63) is 71.8 Å². The molecule has 2 aromatic rings. The van der Waals surface area contributed by atoms with Crippen LogP contribution in [0.25, 0.3) is 0 Å². The molecule has 0 heterocycles. The Hall–Kier alpha value is -0.121. The second-order valence-corrected chi connectivity index (χ2v) is 5.96. The van der Waals surface area contributed by atoms with Crippen molar-refractivity contribution in [3.63, 3.8) is 0 Å². The topological polar surface area (TPSA) is 0 Å². The Labute approximate surface area is 129 Å². The Kier molecular flexibility index (Phi) is 9.53. The summed E-state index contributed by atoms with van der Waals surface area (Å²) in [6, 6.07) is 21.2. The minimum absolute atomic E-state index is 1.08. The molecule has 0 aliphatic carbocycles. The molecule has 4 heteroatoms. The van der Waals surface area contributed by atoms with Gasteiger partial charge in [-0.2, -0.15) is 0 Å². The quantitative estimate of drug-likeness (QED) is 0.405. The van der Waals surface area contributed by atoms with Gasteiger partial charge in [0.15, 0.2) is 0 Å². The van der Waals surface area contributed by atoms with E-state index in [-0.39, 0.29) is 0 Å². The molecule has 0 aliphatic rings. The predicted molar refractivity (Wildman–Crippen MR) is 83.1 cm³/mol. The Morgan fingerprint density at radius 2 is 1.00 bits per heavy atom.